The van der Waals surface area contributed by atoms with Crippen molar-refractivity contribution in [2.24, 2.45) is 0 Å². The number of rotatable bonds is 7. The minimum atomic E-state index is -0.609. The van der Waals surface area contributed by atoms with Crippen LogP contribution in [0.1, 0.15) is 22.8 Å². The van der Waals surface area contributed by atoms with E-state index >= 15 is 0 Å². The van der Waals surface area contributed by atoms with Crippen molar-refractivity contribution < 1.29 is 23.8 Å². The maximum Gasteiger partial charge on any atom is 0.342 e. The van der Waals surface area contributed by atoms with Crippen LogP contribution in [0.3, 0.4) is 0 Å². The fourth-order valence-corrected chi connectivity index (χ4v) is 2.19. The van der Waals surface area contributed by atoms with Gasteiger partial charge in [-0.15, -0.1) is 0 Å². The van der Waals surface area contributed by atoms with Gasteiger partial charge in [0.2, 0.25) is 0 Å². The maximum atomic E-state index is 12.2. The van der Waals surface area contributed by atoms with Crippen molar-refractivity contribution in [3.05, 3.63) is 53.6 Å². The van der Waals surface area contributed by atoms with Gasteiger partial charge in [-0.25, -0.2) is 4.79 Å². The van der Waals surface area contributed by atoms with Gasteiger partial charge in [-0.2, -0.15) is 0 Å². The second-order valence-electron chi connectivity index (χ2n) is 5.29. The second-order valence-corrected chi connectivity index (χ2v) is 5.29. The minimum absolute atomic E-state index is 0.288. The molecule has 0 saturated heterocycles. The number of carbonyl (C=O) groups excluding carboxylic acids is 2. The van der Waals surface area contributed by atoms with Gasteiger partial charge in [0.25, 0.3) is 5.91 Å². The molecule has 0 radical (unpaired) electrons. The van der Waals surface area contributed by atoms with E-state index in [0.717, 1.165) is 11.3 Å². The van der Waals surface area contributed by atoms with Crippen LogP contribution in [0.25, 0.3) is 0 Å². The molecule has 0 aliphatic carbocycles. The van der Waals surface area contributed by atoms with E-state index in [1.54, 1.807) is 36.4 Å². The van der Waals surface area contributed by atoms with Gasteiger partial charge >= 0.3 is 5.97 Å². The second kappa shape index (κ2) is 8.73. The molecule has 0 aliphatic rings. The van der Waals surface area contributed by atoms with Crippen LogP contribution in [-0.4, -0.2) is 32.2 Å². The topological polar surface area (TPSA) is 73.9 Å². The number of benzene rings is 2. The Hall–Kier alpha value is -3.02. The van der Waals surface area contributed by atoms with Crippen molar-refractivity contribution in [3.8, 4) is 11.5 Å². The summed E-state index contributed by atoms with van der Waals surface area (Å²) >= 11 is 0. The van der Waals surface area contributed by atoms with Gasteiger partial charge in [-0.1, -0.05) is 11.6 Å². The average Bonchev–Trinajstić information content (AvgIpc) is 2.61. The third kappa shape index (κ3) is 5.24. The van der Waals surface area contributed by atoms with E-state index in [0.29, 0.717) is 18.0 Å². The molecular weight excluding hydrogens is 322 g/mol. The van der Waals surface area contributed by atoms with Gasteiger partial charge in [0, 0.05) is 5.69 Å². The zero-order valence-electron chi connectivity index (χ0n) is 14.5. The molecule has 0 heterocycles. The predicted molar refractivity (Wildman–Crippen MR) is 94.3 cm³/mol. The molecule has 1 N–H and O–H groups in total. The molecule has 2 aromatic rings. The zero-order chi connectivity index (χ0) is 18.2. The molecule has 2 rings (SSSR count). The number of esters is 1. The largest absolute Gasteiger partial charge is 0.496 e. The van der Waals surface area contributed by atoms with Crippen LogP contribution in [0, 0.1) is 6.92 Å². The van der Waals surface area contributed by atoms with Crippen LogP contribution < -0.4 is 14.8 Å². The first-order valence-electron chi connectivity index (χ1n) is 7.88. The molecule has 0 fully saturated rings. The number of hydrogen-bond donors (Lipinski definition) is 1. The highest BCUT2D eigenvalue weighted by molar-refractivity contribution is 5.96. The van der Waals surface area contributed by atoms with Crippen molar-refractivity contribution in [3.63, 3.8) is 0 Å². The third-order valence-electron chi connectivity index (χ3n) is 3.36. The number of ether oxygens (including phenoxy) is 3. The number of carbonyl (C=O) groups is 2. The summed E-state index contributed by atoms with van der Waals surface area (Å²) in [6, 6.07) is 12.1. The van der Waals surface area contributed by atoms with Gasteiger partial charge < -0.3 is 19.5 Å². The van der Waals surface area contributed by atoms with Crippen molar-refractivity contribution in [1.29, 1.82) is 0 Å². The molecule has 6 heteroatoms. The molecule has 0 spiro atoms. The third-order valence-corrected chi connectivity index (χ3v) is 3.36. The van der Waals surface area contributed by atoms with Crippen molar-refractivity contribution in [2.45, 2.75) is 13.8 Å². The predicted octanol–water partition coefficient (Wildman–Crippen LogP) is 3.20. The standard InChI is InChI=1S/C19H21NO5/c1-4-24-15-8-6-14(7-9-15)20-18(21)12-25-19(22)16-11-13(2)5-10-17(16)23-3/h5-11H,4,12H2,1-3H3,(H,20,21). The van der Waals surface area contributed by atoms with Crippen LogP contribution in [0.2, 0.25) is 0 Å². The molecule has 0 aliphatic heterocycles. The lowest BCUT2D eigenvalue weighted by molar-refractivity contribution is -0.119. The fourth-order valence-electron chi connectivity index (χ4n) is 2.19. The van der Waals surface area contributed by atoms with E-state index in [4.69, 9.17) is 14.2 Å². The highest BCUT2D eigenvalue weighted by atomic mass is 16.5. The number of amides is 1. The summed E-state index contributed by atoms with van der Waals surface area (Å²) in [4.78, 5) is 24.1. The molecule has 1 amide bonds. The summed E-state index contributed by atoms with van der Waals surface area (Å²) < 4.78 is 15.5. The summed E-state index contributed by atoms with van der Waals surface area (Å²) in [5.41, 5.74) is 1.78. The molecule has 132 valence electrons. The molecule has 25 heavy (non-hydrogen) atoms. The normalized spacial score (nSPS) is 10.0. The first kappa shape index (κ1) is 18.3. The number of anilines is 1. The minimum Gasteiger partial charge on any atom is -0.496 e. The Balaban J connectivity index is 1.91. The van der Waals surface area contributed by atoms with Crippen LogP contribution in [0.5, 0.6) is 11.5 Å². The van der Waals surface area contributed by atoms with Crippen LogP contribution >= 0.6 is 0 Å². The van der Waals surface area contributed by atoms with Gasteiger partial charge in [-0.3, -0.25) is 4.79 Å². The van der Waals surface area contributed by atoms with Crippen LogP contribution in [-0.2, 0) is 9.53 Å². The highest BCUT2D eigenvalue weighted by Gasteiger charge is 2.15. The summed E-state index contributed by atoms with van der Waals surface area (Å²) in [6.07, 6.45) is 0. The van der Waals surface area contributed by atoms with E-state index in [9.17, 15) is 9.59 Å². The molecule has 0 aromatic heterocycles. The van der Waals surface area contributed by atoms with Crippen molar-refractivity contribution >= 4 is 17.6 Å². The van der Waals surface area contributed by atoms with Gasteiger partial charge in [0.05, 0.1) is 13.7 Å². The fraction of sp³-hybridized carbons (Fsp3) is 0.263. The Labute approximate surface area is 146 Å². The molecule has 6 nitrogen and oxygen atoms in total. The molecular formula is C19H21NO5. The average molecular weight is 343 g/mol. The SMILES string of the molecule is CCOc1ccc(NC(=O)COC(=O)c2cc(C)ccc2OC)cc1. The first-order chi connectivity index (χ1) is 12.0. The number of nitrogens with one attached hydrogen (secondary N) is 1. The highest BCUT2D eigenvalue weighted by Crippen LogP contribution is 2.20. The number of hydrogen-bond acceptors (Lipinski definition) is 5. The smallest absolute Gasteiger partial charge is 0.342 e. The lowest BCUT2D eigenvalue weighted by Gasteiger charge is -2.10. The zero-order valence-corrected chi connectivity index (χ0v) is 14.5. The lowest BCUT2D eigenvalue weighted by Crippen LogP contribution is -2.21. The summed E-state index contributed by atoms with van der Waals surface area (Å²) in [5, 5.41) is 2.66. The van der Waals surface area contributed by atoms with Gasteiger partial charge in [0.15, 0.2) is 6.61 Å². The first-order valence-corrected chi connectivity index (χ1v) is 7.88. The van der Waals surface area contributed by atoms with Crippen molar-refractivity contribution in [2.75, 3.05) is 25.6 Å². The Morgan fingerprint density at radius 1 is 1.08 bits per heavy atom. The Kier molecular flexibility index (Phi) is 6.39. The molecule has 0 atom stereocenters. The Morgan fingerprint density at radius 2 is 1.80 bits per heavy atom. The Morgan fingerprint density at radius 3 is 2.44 bits per heavy atom. The van der Waals surface area contributed by atoms with Crippen LogP contribution in [0.15, 0.2) is 42.5 Å². The number of aryl methyl sites for hydroxylation is 1. The monoisotopic (exact) mass is 343 g/mol. The van der Waals surface area contributed by atoms with E-state index in [2.05, 4.69) is 5.32 Å². The molecule has 0 bridgehead atoms. The Bertz CT molecular complexity index is 740. The van der Waals surface area contributed by atoms with Gasteiger partial charge in [0.1, 0.15) is 17.1 Å². The van der Waals surface area contributed by atoms with Gasteiger partial charge in [-0.05, 0) is 50.2 Å². The summed E-state index contributed by atoms with van der Waals surface area (Å²) in [6.45, 7) is 3.94. The van der Waals surface area contributed by atoms with E-state index in [1.807, 2.05) is 19.9 Å². The lowest BCUT2D eigenvalue weighted by atomic mass is 10.1. The van der Waals surface area contributed by atoms with E-state index in [1.165, 1.54) is 7.11 Å². The summed E-state index contributed by atoms with van der Waals surface area (Å²) in [7, 11) is 1.47. The molecule has 0 saturated carbocycles. The maximum absolute atomic E-state index is 12.2. The molecule has 0 unspecified atom stereocenters. The number of methoxy groups -OCH3 is 1. The quantitative estimate of drug-likeness (QED) is 0.782. The van der Waals surface area contributed by atoms with E-state index < -0.39 is 11.9 Å². The van der Waals surface area contributed by atoms with Crippen molar-refractivity contribution in [1.82, 2.24) is 0 Å². The van der Waals surface area contributed by atoms with Crippen LogP contribution in [0.4, 0.5) is 5.69 Å². The summed E-state index contributed by atoms with van der Waals surface area (Å²) in [5.74, 6) is 0.0903. The molecule has 2 aromatic carbocycles. The van der Waals surface area contributed by atoms with E-state index in [-0.39, 0.29) is 12.2 Å².